The molecule has 116 heavy (non-hydrogen) atoms. The predicted octanol–water partition coefficient (Wildman–Crippen LogP) is 31.1. The molecular weight excluding hydrogens is 1460 g/mol. The molecule has 0 radical (unpaired) electrons. The Morgan fingerprint density at radius 3 is 0.784 bits per heavy atom. The third-order valence-electron chi connectivity index (χ3n) is 27.1. The standard InChI is InChI=1S/C106H138N2O6S2/c1-13-17-21-25-77-29-37-81(38-30-77)65-111-103-69(5)57-87(58-70(103)6)85-45-49-91(50-46-85)115-95-55-53-93(107-89-61-73(9)105(74(10)62-89)113-67-83-41-33-79(34-42-83)27-23-19-15-3)97-99(95)102(110)100-96(116-92-51-47-86(48-52-92)88-59-71(7)104(72(8)60-88)112-66-82-39-31-78(32-40-82)26-22-18-14-2)56-54-94(98(100)101(97)109)108-90-63-75(11)106(76(12)64-90)114-68-84-43-35-80(36-44-84)28-24-20-16-4/h45-64,77-84,107-108H,13-44,65-68H2,1-12H3. The van der Waals surface area contributed by atoms with E-state index in [-0.39, 0.29) is 11.6 Å². The van der Waals surface area contributed by atoms with Crippen molar-refractivity contribution in [2.75, 3.05) is 37.1 Å². The summed E-state index contributed by atoms with van der Waals surface area (Å²) in [4.78, 5) is 36.8. The number of rotatable bonds is 38. The van der Waals surface area contributed by atoms with E-state index in [2.05, 4.69) is 191 Å². The first-order chi connectivity index (χ1) is 56.4. The van der Waals surface area contributed by atoms with Crippen LogP contribution < -0.4 is 29.6 Å². The average Bonchev–Trinajstić information content (AvgIpc) is 0.722. The van der Waals surface area contributed by atoms with E-state index in [4.69, 9.17) is 18.9 Å². The van der Waals surface area contributed by atoms with Gasteiger partial charge in [-0.2, -0.15) is 0 Å². The lowest BCUT2D eigenvalue weighted by atomic mass is 9.80. The second-order valence-electron chi connectivity index (χ2n) is 36.4. The van der Waals surface area contributed by atoms with Crippen LogP contribution in [0.4, 0.5) is 22.7 Å². The van der Waals surface area contributed by atoms with Gasteiger partial charge in [-0.05, 0) is 318 Å². The van der Waals surface area contributed by atoms with Gasteiger partial charge in [0.1, 0.15) is 23.0 Å². The molecule has 10 heteroatoms. The average molecular weight is 1600 g/mol. The van der Waals surface area contributed by atoms with Crippen molar-refractivity contribution in [2.45, 2.75) is 308 Å². The molecule has 0 heterocycles. The molecule has 2 N–H and O–H groups in total. The smallest absolute Gasteiger partial charge is 0.198 e. The number of ketones is 2. The fraction of sp³-hybridized carbons (Fsp3) is 0.528. The number of anilines is 4. The van der Waals surface area contributed by atoms with Crippen LogP contribution in [0.1, 0.15) is 310 Å². The summed E-state index contributed by atoms with van der Waals surface area (Å²) in [5, 5.41) is 7.55. The van der Waals surface area contributed by atoms with Crippen LogP contribution in [0, 0.1) is 103 Å². The lowest BCUT2D eigenvalue weighted by Gasteiger charge is -2.29. The molecule has 0 saturated heterocycles. The summed E-state index contributed by atoms with van der Waals surface area (Å²) in [6.07, 6.45) is 41.8. The van der Waals surface area contributed by atoms with Crippen LogP contribution in [0.2, 0.25) is 0 Å². The second-order valence-corrected chi connectivity index (χ2v) is 38.6. The molecule has 0 amide bonds. The van der Waals surface area contributed by atoms with Crippen LogP contribution in [0.25, 0.3) is 22.3 Å². The molecule has 620 valence electrons. The maximum atomic E-state index is 16.7. The molecular formula is C106H138N2O6S2. The fourth-order valence-corrected chi connectivity index (χ4v) is 22.1. The number of nitrogens with one attached hydrogen (secondary N) is 2. The zero-order chi connectivity index (χ0) is 81.2. The van der Waals surface area contributed by atoms with Gasteiger partial charge in [-0.1, -0.05) is 230 Å². The number of hydrogen-bond acceptors (Lipinski definition) is 10. The van der Waals surface area contributed by atoms with Gasteiger partial charge in [0.05, 0.1) is 48.9 Å². The number of carbonyl (C=O) groups excluding carboxylic acids is 2. The summed E-state index contributed by atoms with van der Waals surface area (Å²) < 4.78 is 26.9. The van der Waals surface area contributed by atoms with Crippen molar-refractivity contribution in [3.63, 3.8) is 0 Å². The zero-order valence-electron chi connectivity index (χ0n) is 72.9. The van der Waals surface area contributed by atoms with Crippen LogP contribution in [-0.2, 0) is 0 Å². The van der Waals surface area contributed by atoms with Gasteiger partial charge in [0.2, 0.25) is 0 Å². The molecule has 0 unspecified atom stereocenters. The highest BCUT2D eigenvalue weighted by atomic mass is 32.2. The van der Waals surface area contributed by atoms with E-state index in [0.29, 0.717) is 70.5 Å². The highest BCUT2D eigenvalue weighted by Gasteiger charge is 2.39. The minimum Gasteiger partial charge on any atom is -0.493 e. The van der Waals surface area contributed by atoms with Crippen molar-refractivity contribution in [1.82, 2.24) is 0 Å². The van der Waals surface area contributed by atoms with Gasteiger partial charge in [-0.3, -0.25) is 9.59 Å². The Balaban J connectivity index is 0.805. The third-order valence-corrected chi connectivity index (χ3v) is 29.2. The number of benzene rings is 8. The number of unbranched alkanes of at least 4 members (excludes halogenated alkanes) is 8. The van der Waals surface area contributed by atoms with E-state index in [1.54, 1.807) is 0 Å². The molecule has 0 aliphatic heterocycles. The molecule has 5 aliphatic rings. The lowest BCUT2D eigenvalue weighted by Crippen LogP contribution is -2.25. The monoisotopic (exact) mass is 1600 g/mol. The van der Waals surface area contributed by atoms with Crippen LogP contribution >= 0.6 is 23.5 Å². The number of fused-ring (bicyclic) bond motifs is 2. The summed E-state index contributed by atoms with van der Waals surface area (Å²) in [6, 6.07) is 43.1. The van der Waals surface area contributed by atoms with Crippen LogP contribution in [-0.4, -0.2) is 38.0 Å². The predicted molar refractivity (Wildman–Crippen MR) is 489 cm³/mol. The maximum Gasteiger partial charge on any atom is 0.198 e. The number of aryl methyl sites for hydroxylation is 8. The normalized spacial score (nSPS) is 20.1. The van der Waals surface area contributed by atoms with Crippen LogP contribution in [0.5, 0.6) is 23.0 Å². The third kappa shape index (κ3) is 22.4. The van der Waals surface area contributed by atoms with E-state index in [9.17, 15) is 0 Å². The minimum absolute atomic E-state index is 0.191. The summed E-state index contributed by atoms with van der Waals surface area (Å²) in [5.74, 6) is 9.21. The molecule has 8 nitrogen and oxygen atoms in total. The van der Waals surface area contributed by atoms with E-state index in [0.717, 1.165) is 158 Å². The van der Waals surface area contributed by atoms with Gasteiger partial charge in [-0.15, -0.1) is 0 Å². The Hall–Kier alpha value is -7.40. The van der Waals surface area contributed by atoms with E-state index in [1.807, 2.05) is 24.3 Å². The fourth-order valence-electron chi connectivity index (χ4n) is 20.2. The number of carbonyl (C=O) groups is 2. The van der Waals surface area contributed by atoms with Crippen molar-refractivity contribution in [3.8, 4) is 45.3 Å². The van der Waals surface area contributed by atoms with Crippen LogP contribution in [0.3, 0.4) is 0 Å². The van der Waals surface area contributed by atoms with Gasteiger partial charge in [-0.25, -0.2) is 0 Å². The first-order valence-electron chi connectivity index (χ1n) is 45.9. The molecule has 8 aromatic carbocycles. The maximum absolute atomic E-state index is 16.7. The van der Waals surface area contributed by atoms with Crippen molar-refractivity contribution in [2.24, 2.45) is 47.3 Å². The summed E-state index contributed by atoms with van der Waals surface area (Å²) in [6.45, 7) is 29.4. The van der Waals surface area contributed by atoms with Crippen molar-refractivity contribution < 1.29 is 28.5 Å². The minimum atomic E-state index is -0.219. The molecule has 8 aromatic rings. The quantitative estimate of drug-likeness (QED) is 0.0364. The van der Waals surface area contributed by atoms with Gasteiger partial charge >= 0.3 is 0 Å². The van der Waals surface area contributed by atoms with E-state index >= 15 is 9.59 Å². The Labute approximate surface area is 707 Å². The zero-order valence-corrected chi connectivity index (χ0v) is 74.5. The van der Waals surface area contributed by atoms with E-state index in [1.165, 1.54) is 229 Å². The Bertz CT molecular complexity index is 4200. The number of ether oxygens (including phenoxy) is 4. The van der Waals surface area contributed by atoms with Gasteiger partial charge in [0, 0.05) is 42.1 Å². The van der Waals surface area contributed by atoms with Gasteiger partial charge in [0.15, 0.2) is 11.6 Å². The summed E-state index contributed by atoms with van der Waals surface area (Å²) in [7, 11) is 0. The summed E-state index contributed by atoms with van der Waals surface area (Å²) >= 11 is 3.07. The Morgan fingerprint density at radius 2 is 0.526 bits per heavy atom. The van der Waals surface area contributed by atoms with Crippen LogP contribution in [0.15, 0.2) is 141 Å². The Morgan fingerprint density at radius 1 is 0.284 bits per heavy atom. The molecule has 4 saturated carbocycles. The number of hydrogen-bond donors (Lipinski definition) is 2. The topological polar surface area (TPSA) is 95.1 Å². The highest BCUT2D eigenvalue weighted by molar-refractivity contribution is 7.99. The SMILES string of the molecule is CCCCCC1CCC(COc2c(C)cc(Nc3ccc(Sc4ccc(-c5cc(C)c(OCC6CCC(CCCCC)CC6)c(C)c5)cc4)c4c3C(=O)c3c(Nc5cc(C)c(OCC6CCC(CCCCC)CC6)c(C)c5)ccc(Sc5ccc(-c6cc(C)c(OCC7CCC(CCCCC)CC7)c(C)c6)cc5)c3C4=O)cc2C)CC1. The largest absolute Gasteiger partial charge is 0.493 e. The first-order valence-corrected chi connectivity index (χ1v) is 47.5. The second kappa shape index (κ2) is 42.0. The molecule has 13 rings (SSSR count). The van der Waals surface area contributed by atoms with Gasteiger partial charge < -0.3 is 29.6 Å². The summed E-state index contributed by atoms with van der Waals surface area (Å²) in [5.41, 5.74) is 17.5. The molecule has 0 spiro atoms. The van der Waals surface area contributed by atoms with E-state index < -0.39 is 0 Å². The Kier molecular flexibility index (Phi) is 31.3. The first kappa shape index (κ1) is 86.4. The molecule has 4 fully saturated rings. The van der Waals surface area contributed by atoms with Gasteiger partial charge in [0.25, 0.3) is 0 Å². The molecule has 0 atom stereocenters. The van der Waals surface area contributed by atoms with Crippen molar-refractivity contribution in [3.05, 3.63) is 188 Å². The lowest BCUT2D eigenvalue weighted by molar-refractivity contribution is 0.0976. The van der Waals surface area contributed by atoms with Crippen molar-refractivity contribution in [1.29, 1.82) is 0 Å². The molecule has 5 aliphatic carbocycles. The molecule has 0 aromatic heterocycles. The van der Waals surface area contributed by atoms with Crippen molar-refractivity contribution >= 4 is 57.8 Å². The molecule has 0 bridgehead atoms. The highest BCUT2D eigenvalue weighted by Crippen LogP contribution is 2.49.